The molecule has 2 N–H and O–H groups in total. The Morgan fingerprint density at radius 2 is 2.00 bits per heavy atom. The topological polar surface area (TPSA) is 80.7 Å². The monoisotopic (exact) mass is 388 g/mol. The van der Waals surface area contributed by atoms with Gasteiger partial charge in [-0.25, -0.2) is 0 Å². The third-order valence-electron chi connectivity index (χ3n) is 5.01. The van der Waals surface area contributed by atoms with Gasteiger partial charge in [0, 0.05) is 17.3 Å². The van der Waals surface area contributed by atoms with Crippen molar-refractivity contribution in [3.05, 3.63) is 52.8 Å². The summed E-state index contributed by atoms with van der Waals surface area (Å²) in [5.74, 6) is 1.24. The van der Waals surface area contributed by atoms with Crippen LogP contribution in [0.5, 0.6) is 11.5 Å². The second-order valence-corrected chi connectivity index (χ2v) is 7.36. The number of pyridine rings is 1. The lowest BCUT2D eigenvalue weighted by Gasteiger charge is -2.37. The summed E-state index contributed by atoms with van der Waals surface area (Å²) in [6.45, 7) is 0.966. The number of ether oxygens (including phenoxy) is 2. The van der Waals surface area contributed by atoms with Gasteiger partial charge in [0.2, 0.25) is 5.91 Å². The molecule has 7 heteroatoms. The number of halogens is 1. The van der Waals surface area contributed by atoms with Crippen molar-refractivity contribution in [1.82, 2.24) is 10.3 Å². The van der Waals surface area contributed by atoms with E-state index in [1.807, 2.05) is 18.2 Å². The number of aliphatic hydroxyl groups excluding tert-OH is 1. The maximum absolute atomic E-state index is 12.7. The molecule has 0 radical (unpaired) electrons. The summed E-state index contributed by atoms with van der Waals surface area (Å²) in [5.41, 5.74) is 1.49. The smallest absolute Gasteiger partial charge is 0.225 e. The third kappa shape index (κ3) is 4.01. The number of hydrogen-bond donors (Lipinski definition) is 2. The van der Waals surface area contributed by atoms with Gasteiger partial charge in [0.15, 0.2) is 11.5 Å². The average molecular weight is 389 g/mol. The van der Waals surface area contributed by atoms with Gasteiger partial charge in [0.1, 0.15) is 13.2 Å². The van der Waals surface area contributed by atoms with E-state index in [0.717, 1.165) is 5.69 Å². The standard InChI is InChI=1S/C20H21ClN2O4/c21-15-11-18-17(26-5-6-27-18)9-12(15)10-19(25)23-20(13-7-14(24)8-13)16-3-1-2-4-22-16/h1-4,9,11,13-14,20,24H,5-8,10H2,(H,23,25)/t13?,14?,20-/m1/s1. The van der Waals surface area contributed by atoms with E-state index in [4.69, 9.17) is 21.1 Å². The Morgan fingerprint density at radius 1 is 1.26 bits per heavy atom. The number of carbonyl (C=O) groups excluding carboxylic acids is 1. The van der Waals surface area contributed by atoms with Gasteiger partial charge in [-0.2, -0.15) is 0 Å². The second-order valence-electron chi connectivity index (χ2n) is 6.95. The molecular weight excluding hydrogens is 368 g/mol. The molecular formula is C20H21ClN2O4. The van der Waals surface area contributed by atoms with Gasteiger partial charge >= 0.3 is 0 Å². The van der Waals surface area contributed by atoms with E-state index in [9.17, 15) is 9.90 Å². The van der Waals surface area contributed by atoms with Crippen molar-refractivity contribution in [2.45, 2.75) is 31.4 Å². The van der Waals surface area contributed by atoms with E-state index in [1.54, 1.807) is 18.3 Å². The first-order valence-electron chi connectivity index (χ1n) is 9.06. The molecule has 1 aromatic carbocycles. The van der Waals surface area contributed by atoms with Crippen molar-refractivity contribution in [2.75, 3.05) is 13.2 Å². The molecule has 1 amide bonds. The SMILES string of the molecule is O=C(Cc1cc2c(cc1Cl)OCCO2)N[C@@H](c1ccccn1)C1CC(O)C1. The third-order valence-corrected chi connectivity index (χ3v) is 5.36. The van der Waals surface area contributed by atoms with Crippen molar-refractivity contribution >= 4 is 17.5 Å². The molecule has 27 heavy (non-hydrogen) atoms. The van der Waals surface area contributed by atoms with Crippen molar-refractivity contribution in [2.24, 2.45) is 5.92 Å². The number of benzene rings is 1. The summed E-state index contributed by atoms with van der Waals surface area (Å²) < 4.78 is 11.1. The van der Waals surface area contributed by atoms with Crippen LogP contribution in [0.3, 0.4) is 0 Å². The van der Waals surface area contributed by atoms with Gasteiger partial charge < -0.3 is 19.9 Å². The number of aromatic nitrogens is 1. The Bertz CT molecular complexity index is 824. The highest BCUT2D eigenvalue weighted by atomic mass is 35.5. The highest BCUT2D eigenvalue weighted by molar-refractivity contribution is 6.31. The van der Waals surface area contributed by atoms with Crippen LogP contribution >= 0.6 is 11.6 Å². The first kappa shape index (κ1) is 18.1. The van der Waals surface area contributed by atoms with Crippen LogP contribution in [-0.4, -0.2) is 35.3 Å². The van der Waals surface area contributed by atoms with Crippen LogP contribution in [0.4, 0.5) is 0 Å². The maximum atomic E-state index is 12.7. The molecule has 0 bridgehead atoms. The Balaban J connectivity index is 1.48. The zero-order valence-corrected chi connectivity index (χ0v) is 15.5. The molecule has 0 spiro atoms. The van der Waals surface area contributed by atoms with E-state index < -0.39 is 0 Å². The number of hydrogen-bond acceptors (Lipinski definition) is 5. The molecule has 1 aromatic heterocycles. The molecule has 1 fully saturated rings. The molecule has 1 aliphatic carbocycles. The van der Waals surface area contributed by atoms with E-state index in [2.05, 4.69) is 10.3 Å². The molecule has 2 heterocycles. The zero-order valence-electron chi connectivity index (χ0n) is 14.7. The van der Waals surface area contributed by atoms with Gasteiger partial charge in [-0.15, -0.1) is 0 Å². The summed E-state index contributed by atoms with van der Waals surface area (Å²) in [7, 11) is 0. The number of nitrogens with one attached hydrogen (secondary N) is 1. The van der Waals surface area contributed by atoms with Crippen LogP contribution in [0, 0.1) is 5.92 Å². The van der Waals surface area contributed by atoms with Crippen LogP contribution < -0.4 is 14.8 Å². The Morgan fingerprint density at radius 3 is 2.67 bits per heavy atom. The fourth-order valence-corrected chi connectivity index (χ4v) is 3.75. The molecule has 2 aromatic rings. The van der Waals surface area contributed by atoms with Crippen LogP contribution in [0.1, 0.15) is 30.1 Å². The van der Waals surface area contributed by atoms with Crippen molar-refractivity contribution in [3.8, 4) is 11.5 Å². The van der Waals surface area contributed by atoms with E-state index in [-0.39, 0.29) is 30.4 Å². The van der Waals surface area contributed by atoms with Crippen molar-refractivity contribution in [1.29, 1.82) is 0 Å². The minimum absolute atomic E-state index is 0.133. The molecule has 1 atom stereocenters. The Kier molecular flexibility index (Phi) is 5.18. The molecule has 1 aliphatic heterocycles. The lowest BCUT2D eigenvalue weighted by Crippen LogP contribution is -2.42. The van der Waals surface area contributed by atoms with E-state index >= 15 is 0 Å². The minimum atomic E-state index is -0.301. The number of rotatable bonds is 5. The minimum Gasteiger partial charge on any atom is -0.486 e. The fraction of sp³-hybridized carbons (Fsp3) is 0.400. The fourth-order valence-electron chi connectivity index (χ4n) is 3.53. The second kappa shape index (κ2) is 7.74. The number of carbonyl (C=O) groups is 1. The highest BCUT2D eigenvalue weighted by Gasteiger charge is 2.36. The van der Waals surface area contributed by atoms with Gasteiger partial charge in [-0.3, -0.25) is 9.78 Å². The molecule has 2 aliphatic rings. The normalized spacial score (nSPS) is 21.9. The molecule has 142 valence electrons. The number of nitrogens with zero attached hydrogens (tertiary/aromatic N) is 1. The molecule has 1 saturated carbocycles. The zero-order chi connectivity index (χ0) is 18.8. The van der Waals surface area contributed by atoms with Crippen LogP contribution in [0.15, 0.2) is 36.5 Å². The summed E-state index contributed by atoms with van der Waals surface area (Å²) >= 11 is 6.32. The van der Waals surface area contributed by atoms with Crippen LogP contribution in [0.25, 0.3) is 0 Å². The van der Waals surface area contributed by atoms with Crippen LogP contribution in [0.2, 0.25) is 5.02 Å². The molecule has 6 nitrogen and oxygen atoms in total. The van der Waals surface area contributed by atoms with Gasteiger partial charge in [0.25, 0.3) is 0 Å². The first-order chi connectivity index (χ1) is 13.1. The number of fused-ring (bicyclic) bond motifs is 1. The number of amides is 1. The van der Waals surface area contributed by atoms with Gasteiger partial charge in [-0.1, -0.05) is 17.7 Å². The summed E-state index contributed by atoms with van der Waals surface area (Å²) in [6, 6.07) is 8.86. The molecule has 0 unspecified atom stereocenters. The Labute approximate surface area is 162 Å². The first-order valence-corrected chi connectivity index (χ1v) is 9.44. The maximum Gasteiger partial charge on any atom is 0.225 e. The van der Waals surface area contributed by atoms with E-state index in [0.29, 0.717) is 48.1 Å². The molecule has 4 rings (SSSR count). The van der Waals surface area contributed by atoms with Crippen molar-refractivity contribution in [3.63, 3.8) is 0 Å². The predicted molar refractivity (Wildman–Crippen MR) is 100.0 cm³/mol. The lowest BCUT2D eigenvalue weighted by atomic mass is 9.76. The predicted octanol–water partition coefficient (Wildman–Crippen LogP) is 2.68. The largest absolute Gasteiger partial charge is 0.486 e. The van der Waals surface area contributed by atoms with Crippen molar-refractivity contribution < 1.29 is 19.4 Å². The summed E-state index contributed by atoms with van der Waals surface area (Å²) in [6.07, 6.45) is 2.86. The quantitative estimate of drug-likeness (QED) is 0.823. The van der Waals surface area contributed by atoms with Gasteiger partial charge in [-0.05, 0) is 42.5 Å². The Hall–Kier alpha value is -2.31. The average Bonchev–Trinajstić information content (AvgIpc) is 2.65. The summed E-state index contributed by atoms with van der Waals surface area (Å²) in [5, 5.41) is 13.2. The highest BCUT2D eigenvalue weighted by Crippen LogP contribution is 2.38. The number of aliphatic hydroxyl groups is 1. The van der Waals surface area contributed by atoms with Gasteiger partial charge in [0.05, 0.1) is 24.3 Å². The summed E-state index contributed by atoms with van der Waals surface area (Å²) in [4.78, 5) is 17.1. The van der Waals surface area contributed by atoms with Crippen LogP contribution in [-0.2, 0) is 11.2 Å². The van der Waals surface area contributed by atoms with E-state index in [1.165, 1.54) is 0 Å². The molecule has 0 saturated heterocycles. The lowest BCUT2D eigenvalue weighted by molar-refractivity contribution is -0.122.